The van der Waals surface area contributed by atoms with Gasteiger partial charge in [0.15, 0.2) is 0 Å². The summed E-state index contributed by atoms with van der Waals surface area (Å²) in [5.74, 6) is -3.68. The van der Waals surface area contributed by atoms with Gasteiger partial charge in [-0.05, 0) is 74.2 Å². The minimum atomic E-state index is -4.49. The fourth-order valence-electron chi connectivity index (χ4n) is 4.56. The van der Waals surface area contributed by atoms with Crippen LogP contribution in [-0.4, -0.2) is 40.8 Å². The number of para-hydroxylation sites is 2. The molecule has 1 N–H and O–H groups in total. The second-order valence-corrected chi connectivity index (χ2v) is 9.35. The van der Waals surface area contributed by atoms with Gasteiger partial charge in [-0.3, -0.25) is 4.79 Å². The SMILES string of the molecule is Cc1ccccc1OC(Oc1ccccc1C)(C(=O)O)C1CCN(C(=O)c2ccc(C(F)(F)F)cc2)CC1. The van der Waals surface area contributed by atoms with Crippen LogP contribution in [0.3, 0.4) is 0 Å². The van der Waals surface area contributed by atoms with Gasteiger partial charge in [0.1, 0.15) is 11.5 Å². The van der Waals surface area contributed by atoms with E-state index in [1.807, 2.05) is 12.1 Å². The Hall–Kier alpha value is -4.01. The first-order valence-corrected chi connectivity index (χ1v) is 12.2. The zero-order chi connectivity index (χ0) is 27.5. The number of carboxylic acids is 1. The number of piperidine rings is 1. The number of halogens is 3. The van der Waals surface area contributed by atoms with E-state index in [4.69, 9.17) is 9.47 Å². The number of carboxylic acid groups (broad SMARTS) is 1. The van der Waals surface area contributed by atoms with Gasteiger partial charge in [0.2, 0.25) is 0 Å². The molecule has 0 aromatic heterocycles. The topological polar surface area (TPSA) is 76.1 Å². The third-order valence-electron chi connectivity index (χ3n) is 6.79. The summed E-state index contributed by atoms with van der Waals surface area (Å²) in [5.41, 5.74) is 0.775. The van der Waals surface area contributed by atoms with Crippen LogP contribution in [0.1, 0.15) is 39.9 Å². The van der Waals surface area contributed by atoms with Crippen LogP contribution >= 0.6 is 0 Å². The fourth-order valence-corrected chi connectivity index (χ4v) is 4.56. The van der Waals surface area contributed by atoms with E-state index >= 15 is 0 Å². The lowest BCUT2D eigenvalue weighted by molar-refractivity contribution is -0.204. The molecule has 0 saturated carbocycles. The van der Waals surface area contributed by atoms with Gasteiger partial charge in [0.05, 0.1) is 11.5 Å². The molecule has 1 saturated heterocycles. The van der Waals surface area contributed by atoms with Crippen molar-refractivity contribution in [1.82, 2.24) is 4.90 Å². The van der Waals surface area contributed by atoms with Crippen LogP contribution in [0.4, 0.5) is 13.2 Å². The van der Waals surface area contributed by atoms with Crippen molar-refractivity contribution in [2.45, 2.75) is 38.7 Å². The summed E-state index contributed by atoms with van der Waals surface area (Å²) in [6.07, 6.45) is -4.00. The molecule has 0 bridgehead atoms. The number of aryl methyl sites for hydroxylation is 2. The lowest BCUT2D eigenvalue weighted by Crippen LogP contribution is -2.59. The minimum Gasteiger partial charge on any atom is -0.475 e. The lowest BCUT2D eigenvalue weighted by Gasteiger charge is -2.41. The molecule has 1 amide bonds. The van der Waals surface area contributed by atoms with E-state index in [0.717, 1.165) is 35.4 Å². The highest BCUT2D eigenvalue weighted by atomic mass is 19.4. The monoisotopic (exact) mass is 527 g/mol. The highest BCUT2D eigenvalue weighted by molar-refractivity contribution is 5.94. The predicted molar refractivity (Wildman–Crippen MR) is 134 cm³/mol. The number of rotatable bonds is 7. The van der Waals surface area contributed by atoms with Crippen LogP contribution in [0.5, 0.6) is 11.5 Å². The Morgan fingerprint density at radius 3 is 1.71 bits per heavy atom. The zero-order valence-corrected chi connectivity index (χ0v) is 21.0. The molecular weight excluding hydrogens is 499 g/mol. The number of carbonyl (C=O) groups is 2. The summed E-state index contributed by atoms with van der Waals surface area (Å²) < 4.78 is 51.0. The number of likely N-dealkylation sites (tertiary alicyclic amines) is 1. The Bertz CT molecular complexity index is 1250. The second-order valence-electron chi connectivity index (χ2n) is 9.35. The molecule has 1 aliphatic rings. The van der Waals surface area contributed by atoms with Crippen LogP contribution in [0.2, 0.25) is 0 Å². The predicted octanol–water partition coefficient (Wildman–Crippen LogP) is 6.11. The van der Waals surface area contributed by atoms with Crippen LogP contribution < -0.4 is 9.47 Å². The van der Waals surface area contributed by atoms with Gasteiger partial charge in [0.25, 0.3) is 5.91 Å². The van der Waals surface area contributed by atoms with E-state index < -0.39 is 35.3 Å². The van der Waals surface area contributed by atoms with Gasteiger partial charge in [-0.15, -0.1) is 0 Å². The molecule has 6 nitrogen and oxygen atoms in total. The van der Waals surface area contributed by atoms with Crippen LogP contribution in [0.15, 0.2) is 72.8 Å². The Morgan fingerprint density at radius 1 is 0.816 bits per heavy atom. The Balaban J connectivity index is 1.59. The first-order chi connectivity index (χ1) is 18.0. The molecule has 0 aliphatic carbocycles. The number of ether oxygens (including phenoxy) is 2. The van der Waals surface area contributed by atoms with Crippen molar-refractivity contribution in [3.63, 3.8) is 0 Å². The van der Waals surface area contributed by atoms with Crippen LogP contribution in [0, 0.1) is 19.8 Å². The number of alkyl halides is 3. The Morgan fingerprint density at radius 2 is 1.29 bits per heavy atom. The highest BCUT2D eigenvalue weighted by Gasteiger charge is 2.53. The fraction of sp³-hybridized carbons (Fsp3) is 0.310. The first-order valence-electron chi connectivity index (χ1n) is 12.2. The molecule has 0 unspecified atom stereocenters. The molecule has 3 aromatic carbocycles. The number of benzene rings is 3. The second kappa shape index (κ2) is 10.8. The third-order valence-corrected chi connectivity index (χ3v) is 6.79. The molecule has 1 aliphatic heterocycles. The molecule has 3 aromatic rings. The summed E-state index contributed by atoms with van der Waals surface area (Å²) in [7, 11) is 0. The molecule has 0 spiro atoms. The number of amides is 1. The summed E-state index contributed by atoms with van der Waals surface area (Å²) in [4.78, 5) is 27.4. The standard InChI is InChI=1S/C29H28F3NO5/c1-19-7-3-5-9-24(19)37-28(27(35)36,38-25-10-6-4-8-20(25)2)22-15-17-33(18-16-22)26(34)21-11-13-23(14-12-21)29(30,31)32/h3-14,22H,15-18H2,1-2H3,(H,35,36). The Labute approximate surface area is 218 Å². The summed E-state index contributed by atoms with van der Waals surface area (Å²) in [6.45, 7) is 3.99. The van der Waals surface area contributed by atoms with E-state index in [0.29, 0.717) is 11.5 Å². The van der Waals surface area contributed by atoms with Crippen molar-refractivity contribution in [2.75, 3.05) is 13.1 Å². The van der Waals surface area contributed by atoms with E-state index in [-0.39, 0.29) is 31.5 Å². The number of aliphatic carboxylic acids is 1. The van der Waals surface area contributed by atoms with Gasteiger partial charge in [-0.25, -0.2) is 4.79 Å². The Kier molecular flexibility index (Phi) is 7.66. The quantitative estimate of drug-likeness (QED) is 0.375. The van der Waals surface area contributed by atoms with Gasteiger partial charge in [-0.2, -0.15) is 13.2 Å². The van der Waals surface area contributed by atoms with Crippen molar-refractivity contribution >= 4 is 11.9 Å². The number of carbonyl (C=O) groups excluding carboxylic acids is 1. The summed E-state index contributed by atoms with van der Waals surface area (Å²) in [5, 5.41) is 10.5. The van der Waals surface area contributed by atoms with Gasteiger partial charge in [0, 0.05) is 18.7 Å². The number of hydrogen-bond donors (Lipinski definition) is 1. The molecule has 1 fully saturated rings. The van der Waals surface area contributed by atoms with E-state index in [1.165, 1.54) is 4.90 Å². The number of nitrogens with zero attached hydrogens (tertiary/aromatic N) is 1. The average Bonchev–Trinajstić information content (AvgIpc) is 2.90. The molecule has 200 valence electrons. The largest absolute Gasteiger partial charge is 0.475 e. The van der Waals surface area contributed by atoms with E-state index in [1.54, 1.807) is 50.2 Å². The maximum Gasteiger partial charge on any atom is 0.416 e. The maximum absolute atomic E-state index is 13.0. The molecular formula is C29H28F3NO5. The first kappa shape index (κ1) is 27.0. The smallest absolute Gasteiger partial charge is 0.416 e. The molecule has 4 rings (SSSR count). The van der Waals surface area contributed by atoms with Gasteiger partial charge >= 0.3 is 17.9 Å². The lowest BCUT2D eigenvalue weighted by atomic mass is 9.87. The normalized spacial score (nSPS) is 14.7. The molecule has 9 heteroatoms. The summed E-state index contributed by atoms with van der Waals surface area (Å²) in [6, 6.07) is 18.2. The molecule has 0 radical (unpaired) electrons. The molecule has 38 heavy (non-hydrogen) atoms. The van der Waals surface area contributed by atoms with Crippen molar-refractivity contribution < 1.29 is 37.3 Å². The molecule has 1 heterocycles. The van der Waals surface area contributed by atoms with E-state index in [2.05, 4.69) is 0 Å². The van der Waals surface area contributed by atoms with Crippen molar-refractivity contribution in [1.29, 1.82) is 0 Å². The zero-order valence-electron chi connectivity index (χ0n) is 21.0. The summed E-state index contributed by atoms with van der Waals surface area (Å²) >= 11 is 0. The molecule has 0 atom stereocenters. The van der Waals surface area contributed by atoms with Crippen molar-refractivity contribution in [3.05, 3.63) is 95.1 Å². The third kappa shape index (κ3) is 5.61. The minimum absolute atomic E-state index is 0.133. The number of hydrogen-bond acceptors (Lipinski definition) is 4. The van der Waals surface area contributed by atoms with Crippen molar-refractivity contribution in [2.24, 2.45) is 5.92 Å². The highest BCUT2D eigenvalue weighted by Crippen LogP contribution is 2.38. The maximum atomic E-state index is 13.0. The van der Waals surface area contributed by atoms with Crippen LogP contribution in [-0.2, 0) is 11.0 Å². The van der Waals surface area contributed by atoms with E-state index in [9.17, 15) is 27.9 Å². The average molecular weight is 528 g/mol. The van der Waals surface area contributed by atoms with Crippen LogP contribution in [0.25, 0.3) is 0 Å². The van der Waals surface area contributed by atoms with Gasteiger partial charge in [-0.1, -0.05) is 36.4 Å². The van der Waals surface area contributed by atoms with Crippen molar-refractivity contribution in [3.8, 4) is 11.5 Å². The van der Waals surface area contributed by atoms with Gasteiger partial charge < -0.3 is 19.5 Å².